The molecule has 5 nitrogen and oxygen atoms in total. The van der Waals surface area contributed by atoms with Crippen molar-refractivity contribution in [1.29, 1.82) is 5.26 Å². The number of anilines is 1. The fraction of sp³-hybridized carbons (Fsp3) is 0.263. The lowest BCUT2D eigenvalue weighted by atomic mass is 10.2. The third kappa shape index (κ3) is 5.41. The van der Waals surface area contributed by atoms with Crippen LogP contribution >= 0.6 is 0 Å². The smallest absolute Gasteiger partial charge is 0.238 e. The van der Waals surface area contributed by atoms with Crippen molar-refractivity contribution in [2.24, 2.45) is 0 Å². The van der Waals surface area contributed by atoms with Crippen LogP contribution in [-0.2, 0) is 11.3 Å². The van der Waals surface area contributed by atoms with E-state index in [2.05, 4.69) is 5.32 Å². The Bertz CT molecular complexity index is 703. The minimum Gasteiger partial charge on any atom is -0.494 e. The van der Waals surface area contributed by atoms with Gasteiger partial charge in [0, 0.05) is 12.2 Å². The summed E-state index contributed by atoms with van der Waals surface area (Å²) in [5, 5.41) is 11.6. The van der Waals surface area contributed by atoms with E-state index in [1.54, 1.807) is 24.3 Å². The molecule has 2 aromatic carbocycles. The topological polar surface area (TPSA) is 65.4 Å². The first kappa shape index (κ1) is 17.5. The van der Waals surface area contributed by atoms with E-state index in [0.29, 0.717) is 24.4 Å². The van der Waals surface area contributed by atoms with Gasteiger partial charge < -0.3 is 10.1 Å². The lowest BCUT2D eigenvalue weighted by Gasteiger charge is -2.16. The number of amides is 1. The fourth-order valence-electron chi connectivity index (χ4n) is 2.30. The number of carbonyl (C=O) groups excluding carboxylic acids is 1. The zero-order valence-electron chi connectivity index (χ0n) is 14.0. The summed E-state index contributed by atoms with van der Waals surface area (Å²) in [6, 6.07) is 16.7. The average molecular weight is 323 g/mol. The van der Waals surface area contributed by atoms with Crippen molar-refractivity contribution < 1.29 is 9.53 Å². The number of carbonyl (C=O) groups is 1. The van der Waals surface area contributed by atoms with Gasteiger partial charge in [-0.25, -0.2) is 0 Å². The van der Waals surface area contributed by atoms with Gasteiger partial charge in [-0.2, -0.15) is 5.26 Å². The molecule has 0 saturated heterocycles. The van der Waals surface area contributed by atoms with E-state index in [-0.39, 0.29) is 12.5 Å². The Morgan fingerprint density at radius 3 is 2.42 bits per heavy atom. The summed E-state index contributed by atoms with van der Waals surface area (Å²) >= 11 is 0. The van der Waals surface area contributed by atoms with Crippen LogP contribution in [0.25, 0.3) is 0 Å². The van der Waals surface area contributed by atoms with E-state index in [1.807, 2.05) is 49.2 Å². The molecule has 0 bridgehead atoms. The first-order valence-corrected chi connectivity index (χ1v) is 7.81. The Kier molecular flexibility index (Phi) is 6.35. The summed E-state index contributed by atoms with van der Waals surface area (Å²) in [7, 11) is 1.90. The number of nitrogens with one attached hydrogen (secondary N) is 1. The zero-order chi connectivity index (χ0) is 17.4. The number of ether oxygens (including phenoxy) is 1. The molecule has 0 aromatic heterocycles. The molecule has 0 aliphatic rings. The SMILES string of the molecule is CCOc1ccc(CN(C)CC(=O)Nc2ccc(C#N)cc2)cc1. The maximum Gasteiger partial charge on any atom is 0.238 e. The molecule has 0 spiro atoms. The number of benzene rings is 2. The van der Waals surface area contributed by atoms with Crippen molar-refractivity contribution in [2.45, 2.75) is 13.5 Å². The molecule has 0 fully saturated rings. The Morgan fingerprint density at radius 1 is 1.17 bits per heavy atom. The van der Waals surface area contributed by atoms with Crippen LogP contribution < -0.4 is 10.1 Å². The molecule has 0 radical (unpaired) electrons. The number of rotatable bonds is 7. The van der Waals surface area contributed by atoms with Crippen LogP contribution in [0.1, 0.15) is 18.1 Å². The zero-order valence-corrected chi connectivity index (χ0v) is 14.0. The van der Waals surface area contributed by atoms with Gasteiger partial charge in [-0.05, 0) is 55.9 Å². The summed E-state index contributed by atoms with van der Waals surface area (Å²) in [4.78, 5) is 14.0. The van der Waals surface area contributed by atoms with Crippen LogP contribution in [0.5, 0.6) is 5.75 Å². The molecule has 0 heterocycles. The summed E-state index contributed by atoms with van der Waals surface area (Å²) in [6.45, 7) is 3.56. The van der Waals surface area contributed by atoms with E-state index >= 15 is 0 Å². The first-order valence-electron chi connectivity index (χ1n) is 7.81. The highest BCUT2D eigenvalue weighted by Gasteiger charge is 2.08. The number of hydrogen-bond donors (Lipinski definition) is 1. The van der Waals surface area contributed by atoms with Crippen molar-refractivity contribution in [3.63, 3.8) is 0 Å². The molecular formula is C19H21N3O2. The summed E-state index contributed by atoms with van der Waals surface area (Å²) in [6.07, 6.45) is 0. The van der Waals surface area contributed by atoms with Crippen LogP contribution in [0, 0.1) is 11.3 Å². The molecule has 0 saturated carbocycles. The van der Waals surface area contributed by atoms with Gasteiger partial charge in [-0.1, -0.05) is 12.1 Å². The standard InChI is InChI=1S/C19H21N3O2/c1-3-24-18-10-6-16(7-11-18)13-22(2)14-19(23)21-17-8-4-15(12-20)5-9-17/h4-11H,3,13-14H2,1-2H3,(H,21,23). The van der Waals surface area contributed by atoms with Gasteiger partial charge in [0.25, 0.3) is 0 Å². The molecule has 0 unspecified atom stereocenters. The molecule has 2 rings (SSSR count). The average Bonchev–Trinajstić information content (AvgIpc) is 2.57. The van der Waals surface area contributed by atoms with Gasteiger partial charge in [-0.3, -0.25) is 9.69 Å². The van der Waals surface area contributed by atoms with Crippen molar-refractivity contribution in [1.82, 2.24) is 4.90 Å². The van der Waals surface area contributed by atoms with Crippen LogP contribution in [0.2, 0.25) is 0 Å². The summed E-state index contributed by atoms with van der Waals surface area (Å²) in [5.74, 6) is 0.760. The van der Waals surface area contributed by atoms with Crippen LogP contribution in [0.15, 0.2) is 48.5 Å². The normalized spacial score (nSPS) is 10.2. The molecule has 5 heteroatoms. The Hall–Kier alpha value is -2.84. The minimum absolute atomic E-state index is 0.0897. The van der Waals surface area contributed by atoms with Crippen molar-refractivity contribution in [3.8, 4) is 11.8 Å². The van der Waals surface area contributed by atoms with Gasteiger partial charge in [0.1, 0.15) is 5.75 Å². The van der Waals surface area contributed by atoms with Crippen LogP contribution in [0.4, 0.5) is 5.69 Å². The Labute approximate surface area is 142 Å². The third-order valence-corrected chi connectivity index (χ3v) is 3.40. The number of hydrogen-bond acceptors (Lipinski definition) is 4. The Balaban J connectivity index is 1.83. The molecule has 1 N–H and O–H groups in total. The number of nitriles is 1. The molecule has 24 heavy (non-hydrogen) atoms. The van der Waals surface area contributed by atoms with Gasteiger partial charge in [0.2, 0.25) is 5.91 Å². The molecular weight excluding hydrogens is 302 g/mol. The van der Waals surface area contributed by atoms with E-state index in [1.165, 1.54) is 0 Å². The maximum atomic E-state index is 12.1. The maximum absolute atomic E-state index is 12.1. The van der Waals surface area contributed by atoms with Gasteiger partial charge >= 0.3 is 0 Å². The number of nitrogens with zero attached hydrogens (tertiary/aromatic N) is 2. The third-order valence-electron chi connectivity index (χ3n) is 3.40. The van der Waals surface area contributed by atoms with E-state index in [9.17, 15) is 4.79 Å². The minimum atomic E-state index is -0.0897. The van der Waals surface area contributed by atoms with E-state index in [4.69, 9.17) is 10.00 Å². The summed E-state index contributed by atoms with van der Waals surface area (Å²) in [5.41, 5.74) is 2.38. The van der Waals surface area contributed by atoms with Crippen molar-refractivity contribution >= 4 is 11.6 Å². The quantitative estimate of drug-likeness (QED) is 0.850. The second-order valence-electron chi connectivity index (χ2n) is 5.49. The van der Waals surface area contributed by atoms with Gasteiger partial charge in [-0.15, -0.1) is 0 Å². The fourth-order valence-corrected chi connectivity index (χ4v) is 2.30. The van der Waals surface area contributed by atoms with E-state index < -0.39 is 0 Å². The second-order valence-corrected chi connectivity index (χ2v) is 5.49. The lowest BCUT2D eigenvalue weighted by Crippen LogP contribution is -2.29. The first-order chi connectivity index (χ1) is 11.6. The van der Waals surface area contributed by atoms with Crippen LogP contribution in [0.3, 0.4) is 0 Å². The highest BCUT2D eigenvalue weighted by Crippen LogP contribution is 2.13. The highest BCUT2D eigenvalue weighted by atomic mass is 16.5. The van der Waals surface area contributed by atoms with Crippen molar-refractivity contribution in [3.05, 3.63) is 59.7 Å². The molecule has 0 atom stereocenters. The molecule has 2 aromatic rings. The molecule has 124 valence electrons. The van der Waals surface area contributed by atoms with Gasteiger partial charge in [0.15, 0.2) is 0 Å². The van der Waals surface area contributed by atoms with Crippen LogP contribution in [-0.4, -0.2) is 31.0 Å². The van der Waals surface area contributed by atoms with Crippen molar-refractivity contribution in [2.75, 3.05) is 25.5 Å². The molecule has 0 aliphatic heterocycles. The number of likely N-dealkylation sites (N-methyl/N-ethyl adjacent to an activating group) is 1. The van der Waals surface area contributed by atoms with Gasteiger partial charge in [0.05, 0.1) is 24.8 Å². The van der Waals surface area contributed by atoms with E-state index in [0.717, 1.165) is 11.3 Å². The largest absolute Gasteiger partial charge is 0.494 e. The highest BCUT2D eigenvalue weighted by molar-refractivity contribution is 5.92. The lowest BCUT2D eigenvalue weighted by molar-refractivity contribution is -0.117. The molecule has 1 amide bonds. The monoisotopic (exact) mass is 323 g/mol. The predicted molar refractivity (Wildman–Crippen MR) is 93.7 cm³/mol. The Morgan fingerprint density at radius 2 is 1.83 bits per heavy atom. The predicted octanol–water partition coefficient (Wildman–Crippen LogP) is 3.03. The summed E-state index contributed by atoms with van der Waals surface area (Å²) < 4.78 is 5.42. The molecule has 0 aliphatic carbocycles. The second kappa shape index (κ2) is 8.70.